The van der Waals surface area contributed by atoms with Gasteiger partial charge in [-0.3, -0.25) is 0 Å². The van der Waals surface area contributed by atoms with Gasteiger partial charge in [-0.1, -0.05) is 30.3 Å². The number of aliphatic hydroxyl groups excluding tert-OH is 1. The molecule has 1 aromatic carbocycles. The average Bonchev–Trinajstić information content (AvgIpc) is 2.16. The summed E-state index contributed by atoms with van der Waals surface area (Å²) >= 11 is 0. The number of aliphatic carboxylic acids is 1. The molecule has 0 aliphatic rings. The summed E-state index contributed by atoms with van der Waals surface area (Å²) in [4.78, 5) is 10.1. The van der Waals surface area contributed by atoms with E-state index in [2.05, 4.69) is 28.2 Å². The fourth-order valence-corrected chi connectivity index (χ4v) is 0.921. The lowest BCUT2D eigenvalue weighted by Gasteiger charge is -2.14. The van der Waals surface area contributed by atoms with Crippen LogP contribution < -0.4 is 5.11 Å². The minimum atomic E-state index is -1.43. The highest BCUT2D eigenvalue weighted by Crippen LogP contribution is 2.01. The van der Waals surface area contributed by atoms with Gasteiger partial charge in [-0.25, -0.2) is 0 Å². The molecule has 1 rings (SSSR count). The van der Waals surface area contributed by atoms with Crippen LogP contribution in [-0.4, -0.2) is 49.9 Å². The van der Waals surface area contributed by atoms with Gasteiger partial charge in [0.2, 0.25) is 0 Å². The van der Waals surface area contributed by atoms with E-state index in [1.807, 2.05) is 6.07 Å². The van der Waals surface area contributed by atoms with E-state index in [1.54, 1.807) is 24.3 Å². The molecule has 96 valence electrons. The van der Waals surface area contributed by atoms with E-state index in [9.17, 15) is 9.90 Å². The predicted molar refractivity (Wildman–Crippen MR) is 65.1 cm³/mol. The summed E-state index contributed by atoms with van der Waals surface area (Å²) in [5.74, 6) is -1.43. The largest absolute Gasteiger partial charge is 0.547 e. The van der Waals surface area contributed by atoms with Crippen LogP contribution in [-0.2, 0) is 11.2 Å². The van der Waals surface area contributed by atoms with Crippen LogP contribution in [0.4, 0.5) is 0 Å². The van der Waals surface area contributed by atoms with Gasteiger partial charge >= 0.3 is 0 Å². The maximum atomic E-state index is 10.1. The summed E-state index contributed by atoms with van der Waals surface area (Å²) in [6, 6.07) is 8.92. The number of nitrogens with zero attached hydrogens (tertiary/aromatic N) is 1. The lowest BCUT2D eigenvalue weighted by atomic mass is 10.1. The molecule has 0 aliphatic carbocycles. The van der Waals surface area contributed by atoms with E-state index in [4.69, 9.17) is 5.11 Å². The second-order valence-electron chi connectivity index (χ2n) is 5.21. The molecule has 1 N–H and O–H groups in total. The van der Waals surface area contributed by atoms with Crippen LogP contribution in [0.2, 0.25) is 0 Å². The molecule has 4 heteroatoms. The molecule has 1 atom stereocenters. The van der Waals surface area contributed by atoms with Gasteiger partial charge in [-0.15, -0.1) is 0 Å². The molecule has 0 aliphatic heterocycles. The van der Waals surface area contributed by atoms with Crippen LogP contribution in [0.5, 0.6) is 0 Å². The minimum absolute atomic E-state index is 0.100. The van der Waals surface area contributed by atoms with Gasteiger partial charge in [0.1, 0.15) is 0 Å². The standard InChI is InChI=1S/C9H10O3.C4H12N/c10-8(9(11)12)6-7-4-2-1-3-5-7;1-5(2,3)4/h1-5,8,10H,6H2,(H,11,12);1-4H3/q;+1/p-1/t8-;/m0./s1. The Hall–Kier alpha value is -1.39. The van der Waals surface area contributed by atoms with Gasteiger partial charge in [-0.2, -0.15) is 0 Å². The third-order valence-corrected chi connectivity index (χ3v) is 1.54. The zero-order valence-corrected chi connectivity index (χ0v) is 10.9. The van der Waals surface area contributed by atoms with Crippen molar-refractivity contribution in [3.63, 3.8) is 0 Å². The van der Waals surface area contributed by atoms with Gasteiger partial charge in [0.25, 0.3) is 0 Å². The monoisotopic (exact) mass is 239 g/mol. The fraction of sp³-hybridized carbons (Fsp3) is 0.462. The molecule has 0 radical (unpaired) electrons. The number of carbonyl (C=O) groups is 1. The molecule has 0 saturated carbocycles. The predicted octanol–water partition coefficient (Wildman–Crippen LogP) is -0.338. The summed E-state index contributed by atoms with van der Waals surface area (Å²) in [5, 5.41) is 19.1. The summed E-state index contributed by atoms with van der Waals surface area (Å²) in [6.07, 6.45) is -1.31. The quantitative estimate of drug-likeness (QED) is 0.734. The van der Waals surface area contributed by atoms with Crippen molar-refractivity contribution in [2.24, 2.45) is 0 Å². The second kappa shape index (κ2) is 7.04. The van der Waals surface area contributed by atoms with Crippen LogP contribution in [0, 0.1) is 0 Å². The number of carbonyl (C=O) groups excluding carboxylic acids is 1. The molecule has 17 heavy (non-hydrogen) atoms. The second-order valence-corrected chi connectivity index (χ2v) is 5.21. The van der Waals surface area contributed by atoms with Gasteiger partial charge in [0.15, 0.2) is 0 Å². The maximum Gasteiger partial charge on any atom is 0.0973 e. The van der Waals surface area contributed by atoms with Gasteiger partial charge < -0.3 is 19.5 Å². The highest BCUT2D eigenvalue weighted by Gasteiger charge is 2.04. The molecule has 0 fully saturated rings. The SMILES string of the molecule is C[N+](C)(C)C.O=C([O-])[C@@H](O)Cc1ccccc1. The van der Waals surface area contributed by atoms with E-state index in [1.165, 1.54) is 0 Å². The van der Waals surface area contributed by atoms with E-state index in [0.29, 0.717) is 0 Å². The first-order valence-corrected chi connectivity index (χ1v) is 5.42. The molecular weight excluding hydrogens is 218 g/mol. The number of quaternary nitrogens is 1. The zero-order chi connectivity index (χ0) is 13.5. The Morgan fingerprint density at radius 3 is 2.00 bits per heavy atom. The van der Waals surface area contributed by atoms with Crippen LogP contribution in [0.3, 0.4) is 0 Å². The van der Waals surface area contributed by atoms with Gasteiger partial charge in [-0.05, 0) is 5.56 Å². The van der Waals surface area contributed by atoms with Crippen molar-refractivity contribution in [2.75, 3.05) is 28.2 Å². The van der Waals surface area contributed by atoms with E-state index in [-0.39, 0.29) is 6.42 Å². The van der Waals surface area contributed by atoms with Crippen molar-refractivity contribution < 1.29 is 19.5 Å². The van der Waals surface area contributed by atoms with Crippen molar-refractivity contribution in [3.8, 4) is 0 Å². The van der Waals surface area contributed by atoms with Crippen LogP contribution in [0.1, 0.15) is 5.56 Å². The molecule has 0 aromatic heterocycles. The summed E-state index contributed by atoms with van der Waals surface area (Å²) in [6.45, 7) is 0. The molecule has 4 nitrogen and oxygen atoms in total. The van der Waals surface area contributed by atoms with Crippen molar-refractivity contribution in [1.82, 2.24) is 0 Å². The molecule has 0 spiro atoms. The number of aliphatic hydroxyl groups is 1. The Labute approximate surface area is 103 Å². The fourth-order valence-electron chi connectivity index (χ4n) is 0.921. The Morgan fingerprint density at radius 1 is 1.24 bits per heavy atom. The van der Waals surface area contributed by atoms with Crippen LogP contribution >= 0.6 is 0 Å². The molecule has 0 saturated heterocycles. The Balaban J connectivity index is 0.000000437. The highest BCUT2D eigenvalue weighted by molar-refractivity contribution is 5.70. The van der Waals surface area contributed by atoms with Crippen molar-refractivity contribution in [2.45, 2.75) is 12.5 Å². The minimum Gasteiger partial charge on any atom is -0.547 e. The molecule has 0 amide bonds. The molecule has 0 bridgehead atoms. The molecular formula is C13H21NO3. The smallest absolute Gasteiger partial charge is 0.0973 e. The first-order valence-electron chi connectivity index (χ1n) is 5.42. The summed E-state index contributed by atoms with van der Waals surface area (Å²) in [5.41, 5.74) is 0.786. The third-order valence-electron chi connectivity index (χ3n) is 1.54. The van der Waals surface area contributed by atoms with E-state index >= 15 is 0 Å². The van der Waals surface area contributed by atoms with E-state index < -0.39 is 12.1 Å². The third kappa shape index (κ3) is 10.9. The first-order chi connectivity index (χ1) is 7.70. The normalized spacial score (nSPS) is 12.3. The first kappa shape index (κ1) is 15.6. The highest BCUT2D eigenvalue weighted by atomic mass is 16.4. The Kier molecular flexibility index (Phi) is 6.46. The molecule has 0 heterocycles. The number of carboxylic acid groups (broad SMARTS) is 1. The van der Waals surface area contributed by atoms with Crippen molar-refractivity contribution in [3.05, 3.63) is 35.9 Å². The summed E-state index contributed by atoms with van der Waals surface area (Å²) in [7, 11) is 8.50. The number of carboxylic acids is 1. The van der Waals surface area contributed by atoms with Gasteiger partial charge in [0, 0.05) is 6.42 Å². The number of rotatable bonds is 3. The van der Waals surface area contributed by atoms with E-state index in [0.717, 1.165) is 10.0 Å². The van der Waals surface area contributed by atoms with Crippen molar-refractivity contribution >= 4 is 5.97 Å². The number of benzene rings is 1. The van der Waals surface area contributed by atoms with Gasteiger partial charge in [0.05, 0.1) is 40.3 Å². The lowest BCUT2D eigenvalue weighted by Crippen LogP contribution is -2.36. The maximum absolute atomic E-state index is 10.1. The molecule has 0 unspecified atom stereocenters. The average molecular weight is 239 g/mol. The summed E-state index contributed by atoms with van der Waals surface area (Å²) < 4.78 is 1.00. The number of hydrogen-bond donors (Lipinski definition) is 1. The molecule has 1 aromatic rings. The lowest BCUT2D eigenvalue weighted by molar-refractivity contribution is -0.849. The van der Waals surface area contributed by atoms with Crippen LogP contribution in [0.15, 0.2) is 30.3 Å². The number of hydrogen-bond acceptors (Lipinski definition) is 3. The topological polar surface area (TPSA) is 60.4 Å². The van der Waals surface area contributed by atoms with Crippen molar-refractivity contribution in [1.29, 1.82) is 0 Å². The van der Waals surface area contributed by atoms with Crippen LogP contribution in [0.25, 0.3) is 0 Å². The Bertz CT molecular complexity index is 324. The Morgan fingerprint density at radius 2 is 1.65 bits per heavy atom. The zero-order valence-electron chi connectivity index (χ0n) is 10.9.